The maximum Gasteiger partial charge on any atom is 0.288 e. The summed E-state index contributed by atoms with van der Waals surface area (Å²) in [7, 11) is 0. The lowest BCUT2D eigenvalue weighted by Crippen LogP contribution is -2.20. The van der Waals surface area contributed by atoms with E-state index in [1.54, 1.807) is 29.7 Å². The van der Waals surface area contributed by atoms with E-state index >= 15 is 0 Å². The number of rotatable bonds is 6. The van der Waals surface area contributed by atoms with Crippen molar-refractivity contribution in [1.82, 2.24) is 10.3 Å². The molecule has 2 rings (SSSR count). The summed E-state index contributed by atoms with van der Waals surface area (Å²) >= 11 is 7.39. The largest absolute Gasteiger partial charge is 0.304 e. The first kappa shape index (κ1) is 14.9. The summed E-state index contributed by atoms with van der Waals surface area (Å²) in [5.74, 6) is 0. The lowest BCUT2D eigenvalue weighted by Gasteiger charge is -2.14. The Morgan fingerprint density at radius 2 is 2.35 bits per heavy atom. The van der Waals surface area contributed by atoms with Gasteiger partial charge in [0, 0.05) is 24.2 Å². The Kier molecular flexibility index (Phi) is 5.05. The van der Waals surface area contributed by atoms with E-state index in [0.29, 0.717) is 6.54 Å². The van der Waals surface area contributed by atoms with Gasteiger partial charge in [-0.15, -0.1) is 11.3 Å². The second-order valence-corrected chi connectivity index (χ2v) is 5.59. The van der Waals surface area contributed by atoms with Gasteiger partial charge < -0.3 is 5.32 Å². The van der Waals surface area contributed by atoms with Crippen molar-refractivity contribution in [2.24, 2.45) is 0 Å². The Morgan fingerprint density at radius 3 is 2.95 bits per heavy atom. The van der Waals surface area contributed by atoms with Crippen LogP contribution in [0.5, 0.6) is 0 Å². The van der Waals surface area contributed by atoms with Gasteiger partial charge in [0.1, 0.15) is 10.0 Å². The minimum Gasteiger partial charge on any atom is -0.304 e. The Balaban J connectivity index is 2.07. The molecule has 0 bridgehead atoms. The maximum absolute atomic E-state index is 10.8. The number of nitro benzene ring substituents is 1. The van der Waals surface area contributed by atoms with Crippen molar-refractivity contribution < 1.29 is 4.92 Å². The molecule has 106 valence electrons. The highest BCUT2D eigenvalue weighted by Crippen LogP contribution is 2.26. The Morgan fingerprint density at radius 1 is 1.55 bits per heavy atom. The van der Waals surface area contributed by atoms with Gasteiger partial charge >= 0.3 is 0 Å². The molecule has 7 heteroatoms. The second-order valence-electron chi connectivity index (χ2n) is 4.25. The van der Waals surface area contributed by atoms with Gasteiger partial charge in [0.25, 0.3) is 5.69 Å². The summed E-state index contributed by atoms with van der Waals surface area (Å²) in [4.78, 5) is 14.7. The van der Waals surface area contributed by atoms with Crippen molar-refractivity contribution in [2.75, 3.05) is 0 Å². The van der Waals surface area contributed by atoms with Crippen LogP contribution >= 0.6 is 22.9 Å². The number of aromatic nitrogens is 1. The van der Waals surface area contributed by atoms with E-state index in [1.165, 1.54) is 6.07 Å². The number of nitrogens with zero attached hydrogens (tertiary/aromatic N) is 2. The number of thiazole rings is 1. The van der Waals surface area contributed by atoms with Gasteiger partial charge in [0.05, 0.1) is 11.0 Å². The van der Waals surface area contributed by atoms with Crippen LogP contribution < -0.4 is 5.32 Å². The van der Waals surface area contributed by atoms with Crippen LogP contribution in [0.3, 0.4) is 0 Å². The van der Waals surface area contributed by atoms with Crippen molar-refractivity contribution >= 4 is 28.6 Å². The average molecular weight is 312 g/mol. The maximum atomic E-state index is 10.8. The van der Waals surface area contributed by atoms with Gasteiger partial charge in [0.2, 0.25) is 0 Å². The lowest BCUT2D eigenvalue weighted by atomic mass is 10.1. The Labute approximate surface area is 125 Å². The molecular formula is C13H14ClN3O2S. The standard InChI is InChI=1S/C13H14ClN3O2S/c1-2-11(13-15-5-6-20-13)16-8-9-3-4-10(14)12(7-9)17(18)19/h3-7,11,16H,2,8H2,1H3. The molecule has 1 atom stereocenters. The summed E-state index contributed by atoms with van der Waals surface area (Å²) in [6, 6.07) is 5.01. The predicted octanol–water partition coefficient (Wildman–Crippen LogP) is 3.95. The van der Waals surface area contributed by atoms with Crippen LogP contribution in [0.2, 0.25) is 5.02 Å². The number of halogens is 1. The molecule has 1 aromatic heterocycles. The van der Waals surface area contributed by atoms with Gasteiger partial charge in [-0.2, -0.15) is 0 Å². The van der Waals surface area contributed by atoms with Crippen LogP contribution in [0.4, 0.5) is 5.69 Å². The van der Waals surface area contributed by atoms with Crippen molar-refractivity contribution in [1.29, 1.82) is 0 Å². The topological polar surface area (TPSA) is 68.1 Å². The zero-order valence-corrected chi connectivity index (χ0v) is 12.4. The van der Waals surface area contributed by atoms with Crippen LogP contribution in [-0.2, 0) is 6.54 Å². The van der Waals surface area contributed by atoms with Gasteiger partial charge in [-0.3, -0.25) is 10.1 Å². The first-order valence-electron chi connectivity index (χ1n) is 6.17. The molecule has 0 aliphatic carbocycles. The fourth-order valence-corrected chi connectivity index (χ4v) is 2.85. The van der Waals surface area contributed by atoms with Gasteiger partial charge in [-0.1, -0.05) is 24.6 Å². The highest BCUT2D eigenvalue weighted by Gasteiger charge is 2.14. The molecule has 1 N–H and O–H groups in total. The molecule has 0 aliphatic rings. The van der Waals surface area contributed by atoms with Gasteiger partial charge in [-0.05, 0) is 18.1 Å². The van der Waals surface area contributed by atoms with E-state index in [4.69, 9.17) is 11.6 Å². The SMILES string of the molecule is CCC(NCc1ccc(Cl)c([N+](=O)[O-])c1)c1nccs1. The van der Waals surface area contributed by atoms with Crippen molar-refractivity contribution in [3.8, 4) is 0 Å². The average Bonchev–Trinajstić information content (AvgIpc) is 2.95. The second kappa shape index (κ2) is 6.78. The van der Waals surface area contributed by atoms with Crippen LogP contribution in [0, 0.1) is 10.1 Å². The summed E-state index contributed by atoms with van der Waals surface area (Å²) < 4.78 is 0. The molecule has 0 fully saturated rings. The van der Waals surface area contributed by atoms with Gasteiger partial charge in [-0.25, -0.2) is 4.98 Å². The zero-order valence-electron chi connectivity index (χ0n) is 10.9. The fraction of sp³-hybridized carbons (Fsp3) is 0.308. The summed E-state index contributed by atoms with van der Waals surface area (Å²) in [6.45, 7) is 2.61. The Hall–Kier alpha value is -1.50. The van der Waals surface area contributed by atoms with Crippen LogP contribution in [-0.4, -0.2) is 9.91 Å². The molecule has 5 nitrogen and oxygen atoms in total. The minimum atomic E-state index is -0.468. The smallest absolute Gasteiger partial charge is 0.288 e. The molecule has 0 saturated carbocycles. The quantitative estimate of drug-likeness (QED) is 0.648. The highest BCUT2D eigenvalue weighted by atomic mass is 35.5. The molecule has 1 heterocycles. The van der Waals surface area contributed by atoms with E-state index < -0.39 is 4.92 Å². The highest BCUT2D eigenvalue weighted by molar-refractivity contribution is 7.09. The molecule has 20 heavy (non-hydrogen) atoms. The lowest BCUT2D eigenvalue weighted by molar-refractivity contribution is -0.384. The molecule has 0 aliphatic heterocycles. The minimum absolute atomic E-state index is 0.0618. The van der Waals surface area contributed by atoms with E-state index in [1.807, 2.05) is 5.38 Å². The van der Waals surface area contributed by atoms with E-state index in [2.05, 4.69) is 17.2 Å². The summed E-state index contributed by atoms with van der Waals surface area (Å²) in [5.41, 5.74) is 0.768. The third kappa shape index (κ3) is 3.53. The number of benzene rings is 1. The number of nitro groups is 1. The Bertz CT molecular complexity index is 589. The molecule has 1 aromatic carbocycles. The van der Waals surface area contributed by atoms with Crippen LogP contribution in [0.15, 0.2) is 29.8 Å². The molecule has 1 unspecified atom stereocenters. The summed E-state index contributed by atoms with van der Waals surface area (Å²) in [5, 5.41) is 17.3. The third-order valence-corrected chi connectivity index (χ3v) is 4.13. The van der Waals surface area contributed by atoms with E-state index in [9.17, 15) is 10.1 Å². The van der Waals surface area contributed by atoms with Gasteiger partial charge in [0.15, 0.2) is 0 Å². The molecule has 0 saturated heterocycles. The molecular weight excluding hydrogens is 298 g/mol. The predicted molar refractivity (Wildman–Crippen MR) is 80.1 cm³/mol. The normalized spacial score (nSPS) is 12.3. The molecule has 0 spiro atoms. The van der Waals surface area contributed by atoms with E-state index in [0.717, 1.165) is 17.0 Å². The number of nitrogens with one attached hydrogen (secondary N) is 1. The number of hydrogen-bond acceptors (Lipinski definition) is 5. The summed E-state index contributed by atoms with van der Waals surface area (Å²) in [6.07, 6.45) is 2.68. The number of hydrogen-bond donors (Lipinski definition) is 1. The van der Waals surface area contributed by atoms with Crippen molar-refractivity contribution in [3.05, 3.63) is 55.5 Å². The fourth-order valence-electron chi connectivity index (χ4n) is 1.86. The van der Waals surface area contributed by atoms with Crippen LogP contribution in [0.1, 0.15) is 30.0 Å². The zero-order chi connectivity index (χ0) is 14.5. The van der Waals surface area contributed by atoms with Crippen LogP contribution in [0.25, 0.3) is 0 Å². The first-order chi connectivity index (χ1) is 9.61. The third-order valence-electron chi connectivity index (χ3n) is 2.92. The van der Waals surface area contributed by atoms with E-state index in [-0.39, 0.29) is 16.8 Å². The molecule has 0 radical (unpaired) electrons. The first-order valence-corrected chi connectivity index (χ1v) is 7.43. The van der Waals surface area contributed by atoms with Crippen molar-refractivity contribution in [3.63, 3.8) is 0 Å². The monoisotopic (exact) mass is 311 g/mol. The van der Waals surface area contributed by atoms with Crippen molar-refractivity contribution in [2.45, 2.75) is 25.9 Å². The molecule has 0 amide bonds. The molecule has 2 aromatic rings.